The molecule has 0 aliphatic heterocycles. The number of nitrogens with zero attached hydrogens (tertiary/aromatic N) is 2. The maximum atomic E-state index is 12.7. The second kappa shape index (κ2) is 8.76. The molecule has 0 aliphatic carbocycles. The Morgan fingerprint density at radius 2 is 2.13 bits per heavy atom. The van der Waals surface area contributed by atoms with Gasteiger partial charge in [0.2, 0.25) is 0 Å². The van der Waals surface area contributed by atoms with Gasteiger partial charge in [-0.1, -0.05) is 35.0 Å². The average molecular weight is 478 g/mol. The van der Waals surface area contributed by atoms with Crippen molar-refractivity contribution in [2.24, 2.45) is 0 Å². The Balaban J connectivity index is 1.70. The number of imidazole rings is 1. The molecule has 2 aromatic carbocycles. The number of aromatic nitrogens is 3. The van der Waals surface area contributed by atoms with Crippen molar-refractivity contribution in [1.29, 1.82) is 5.26 Å². The van der Waals surface area contributed by atoms with E-state index in [1.807, 2.05) is 37.3 Å². The van der Waals surface area contributed by atoms with E-state index in [4.69, 9.17) is 0 Å². The average Bonchev–Trinajstić information content (AvgIpc) is 3.20. The highest BCUT2D eigenvalue weighted by atomic mass is 79.9. The van der Waals surface area contributed by atoms with Gasteiger partial charge in [-0.15, -0.1) is 0 Å². The fraction of sp³-hybridized carbons (Fsp3) is 0.174. The van der Waals surface area contributed by atoms with E-state index in [0.29, 0.717) is 34.6 Å². The summed E-state index contributed by atoms with van der Waals surface area (Å²) >= 11 is 3.41. The van der Waals surface area contributed by atoms with Crippen LogP contribution in [0.2, 0.25) is 0 Å². The number of benzene rings is 2. The Morgan fingerprint density at radius 3 is 2.87 bits per heavy atom. The Kier molecular flexibility index (Phi) is 5.89. The SMILES string of the molecule is CCc1cc(C#N)cc2[nH]c(-c3c(NCC(O)c4cccc(Br)c4)cc[nH]c3=O)nc12. The van der Waals surface area contributed by atoms with E-state index >= 15 is 0 Å². The molecule has 4 aromatic rings. The third kappa shape index (κ3) is 4.24. The molecule has 8 heteroatoms. The highest BCUT2D eigenvalue weighted by Gasteiger charge is 2.17. The minimum absolute atomic E-state index is 0.214. The van der Waals surface area contributed by atoms with Crippen LogP contribution in [-0.2, 0) is 6.42 Å². The number of nitrogens with one attached hydrogen (secondary N) is 3. The third-order valence-electron chi connectivity index (χ3n) is 5.09. The van der Waals surface area contributed by atoms with Crippen molar-refractivity contribution < 1.29 is 5.11 Å². The maximum absolute atomic E-state index is 12.7. The number of anilines is 1. The van der Waals surface area contributed by atoms with Crippen molar-refractivity contribution in [3.8, 4) is 17.5 Å². The number of H-pyrrole nitrogens is 2. The number of pyridine rings is 1. The van der Waals surface area contributed by atoms with Gasteiger partial charge >= 0.3 is 0 Å². The molecule has 0 amide bonds. The van der Waals surface area contributed by atoms with Crippen molar-refractivity contribution in [2.45, 2.75) is 19.4 Å². The van der Waals surface area contributed by atoms with Crippen LogP contribution in [0.4, 0.5) is 5.69 Å². The summed E-state index contributed by atoms with van der Waals surface area (Å²) in [6.07, 6.45) is 1.50. The molecule has 0 fully saturated rings. The number of aryl methyl sites for hydroxylation is 1. The first-order chi connectivity index (χ1) is 15.0. The van der Waals surface area contributed by atoms with Crippen LogP contribution in [0.3, 0.4) is 0 Å². The molecular weight excluding hydrogens is 458 g/mol. The van der Waals surface area contributed by atoms with Gasteiger partial charge < -0.3 is 20.4 Å². The number of halogens is 1. The lowest BCUT2D eigenvalue weighted by Gasteiger charge is -2.15. The van der Waals surface area contributed by atoms with Crippen molar-refractivity contribution >= 4 is 32.7 Å². The predicted molar refractivity (Wildman–Crippen MR) is 124 cm³/mol. The number of aromatic amines is 2. The summed E-state index contributed by atoms with van der Waals surface area (Å²) in [7, 11) is 0. The van der Waals surface area contributed by atoms with Gasteiger partial charge in [0.05, 0.1) is 34.5 Å². The molecule has 7 nitrogen and oxygen atoms in total. The van der Waals surface area contributed by atoms with E-state index in [9.17, 15) is 15.2 Å². The first kappa shape index (κ1) is 20.8. The lowest BCUT2D eigenvalue weighted by atomic mass is 10.1. The minimum Gasteiger partial charge on any atom is -0.387 e. The molecule has 1 unspecified atom stereocenters. The molecule has 4 rings (SSSR count). The van der Waals surface area contributed by atoms with Gasteiger partial charge in [-0.3, -0.25) is 4.79 Å². The lowest BCUT2D eigenvalue weighted by Crippen LogP contribution is -2.17. The molecule has 0 spiro atoms. The van der Waals surface area contributed by atoms with Gasteiger partial charge in [0.1, 0.15) is 11.4 Å². The van der Waals surface area contributed by atoms with Crippen LogP contribution in [0, 0.1) is 11.3 Å². The molecule has 2 aromatic heterocycles. The third-order valence-corrected chi connectivity index (χ3v) is 5.59. The smallest absolute Gasteiger partial charge is 0.261 e. The van der Waals surface area contributed by atoms with Crippen LogP contribution >= 0.6 is 15.9 Å². The number of aliphatic hydroxyl groups excluding tert-OH is 1. The first-order valence-corrected chi connectivity index (χ1v) is 10.6. The Hall–Kier alpha value is -3.41. The molecular formula is C23H20BrN5O2. The summed E-state index contributed by atoms with van der Waals surface area (Å²) in [5.74, 6) is 0.404. The molecule has 156 valence electrons. The molecule has 4 N–H and O–H groups in total. The number of nitriles is 1. The largest absolute Gasteiger partial charge is 0.387 e. The Labute approximate surface area is 186 Å². The van der Waals surface area contributed by atoms with E-state index in [1.54, 1.807) is 18.3 Å². The zero-order chi connectivity index (χ0) is 22.0. The molecule has 0 saturated heterocycles. The van der Waals surface area contributed by atoms with E-state index in [-0.39, 0.29) is 12.1 Å². The monoisotopic (exact) mass is 477 g/mol. The van der Waals surface area contributed by atoms with Crippen LogP contribution in [0.5, 0.6) is 0 Å². The second-order valence-electron chi connectivity index (χ2n) is 7.13. The van der Waals surface area contributed by atoms with Crippen LogP contribution in [0.25, 0.3) is 22.4 Å². The first-order valence-electron chi connectivity index (χ1n) is 9.82. The van der Waals surface area contributed by atoms with Gasteiger partial charge in [0.15, 0.2) is 0 Å². The fourth-order valence-electron chi connectivity index (χ4n) is 3.54. The van der Waals surface area contributed by atoms with E-state index in [1.165, 1.54) is 0 Å². The Bertz CT molecular complexity index is 1350. The van der Waals surface area contributed by atoms with Gasteiger partial charge in [-0.2, -0.15) is 5.26 Å². The zero-order valence-electron chi connectivity index (χ0n) is 16.7. The van der Waals surface area contributed by atoms with Crippen LogP contribution < -0.4 is 10.9 Å². The molecule has 31 heavy (non-hydrogen) atoms. The highest BCUT2D eigenvalue weighted by molar-refractivity contribution is 9.10. The van der Waals surface area contributed by atoms with Gasteiger partial charge in [-0.05, 0) is 47.9 Å². The van der Waals surface area contributed by atoms with Crippen molar-refractivity contribution in [3.05, 3.63) is 80.2 Å². The van der Waals surface area contributed by atoms with Crippen LogP contribution in [0.15, 0.2) is 57.9 Å². The van der Waals surface area contributed by atoms with Crippen molar-refractivity contribution in [2.75, 3.05) is 11.9 Å². The van der Waals surface area contributed by atoms with E-state index in [2.05, 4.69) is 42.3 Å². The molecule has 0 bridgehead atoms. The molecule has 2 heterocycles. The van der Waals surface area contributed by atoms with Crippen LogP contribution in [0.1, 0.15) is 29.7 Å². The summed E-state index contributed by atoms with van der Waals surface area (Å²) in [6, 6.07) is 14.9. The fourth-order valence-corrected chi connectivity index (χ4v) is 3.96. The predicted octanol–water partition coefficient (Wildman–Crippen LogP) is 4.26. The quantitative estimate of drug-likeness (QED) is 0.330. The standard InChI is InChI=1S/C23H20BrN5O2/c1-2-14-8-13(11-25)9-18-21(14)29-22(28-18)20-17(6-7-26-23(20)31)27-12-19(30)15-4-3-5-16(24)10-15/h3-10,19,30H,2,12H2,1H3,(H,28,29)(H2,26,27,31). The molecule has 1 atom stereocenters. The number of rotatable bonds is 6. The minimum atomic E-state index is -0.759. The van der Waals surface area contributed by atoms with E-state index < -0.39 is 6.10 Å². The summed E-state index contributed by atoms with van der Waals surface area (Å²) < 4.78 is 0.881. The normalized spacial score (nSPS) is 11.9. The van der Waals surface area contributed by atoms with Gasteiger partial charge in [0.25, 0.3) is 5.56 Å². The van der Waals surface area contributed by atoms with E-state index in [0.717, 1.165) is 21.1 Å². The zero-order valence-corrected chi connectivity index (χ0v) is 18.3. The number of aliphatic hydroxyl groups is 1. The topological polar surface area (TPSA) is 118 Å². The number of hydrogen-bond donors (Lipinski definition) is 4. The summed E-state index contributed by atoms with van der Waals surface area (Å²) in [6.45, 7) is 2.21. The summed E-state index contributed by atoms with van der Waals surface area (Å²) in [5, 5.41) is 23.0. The number of fused-ring (bicyclic) bond motifs is 1. The summed E-state index contributed by atoms with van der Waals surface area (Å²) in [5.41, 5.74) is 4.26. The Morgan fingerprint density at radius 1 is 1.29 bits per heavy atom. The lowest BCUT2D eigenvalue weighted by molar-refractivity contribution is 0.191. The van der Waals surface area contributed by atoms with Crippen molar-refractivity contribution in [1.82, 2.24) is 15.0 Å². The highest BCUT2D eigenvalue weighted by Crippen LogP contribution is 2.27. The molecule has 0 aliphatic rings. The van der Waals surface area contributed by atoms with Crippen LogP contribution in [-0.4, -0.2) is 26.6 Å². The van der Waals surface area contributed by atoms with Gasteiger partial charge in [-0.25, -0.2) is 4.98 Å². The van der Waals surface area contributed by atoms with Gasteiger partial charge in [0, 0.05) is 17.2 Å². The number of hydrogen-bond acceptors (Lipinski definition) is 5. The maximum Gasteiger partial charge on any atom is 0.261 e. The second-order valence-corrected chi connectivity index (χ2v) is 8.05. The van der Waals surface area contributed by atoms with Crippen molar-refractivity contribution in [3.63, 3.8) is 0 Å². The molecule has 0 radical (unpaired) electrons. The summed E-state index contributed by atoms with van der Waals surface area (Å²) in [4.78, 5) is 23.2. The molecule has 0 saturated carbocycles.